The van der Waals surface area contributed by atoms with Crippen LogP contribution in [0.1, 0.15) is 19.4 Å². The van der Waals surface area contributed by atoms with Crippen LogP contribution in [0.4, 0.5) is 0 Å². The number of amides is 1. The average molecular weight is 281 g/mol. The molecule has 110 valence electrons. The third-order valence-electron chi connectivity index (χ3n) is 2.77. The first-order chi connectivity index (χ1) is 9.22. The summed E-state index contributed by atoms with van der Waals surface area (Å²) in [6, 6.07) is 7.20. The van der Waals surface area contributed by atoms with Crippen molar-refractivity contribution in [3.05, 3.63) is 29.8 Å². The SMILES string of the molecule is Cc1ccc(OC(C)C(=O)NCC(C)(O)C(=O)O)cc1. The fourth-order valence-electron chi connectivity index (χ4n) is 1.35. The van der Waals surface area contributed by atoms with Gasteiger partial charge in [-0.3, -0.25) is 4.79 Å². The molecule has 0 radical (unpaired) electrons. The third kappa shape index (κ3) is 4.55. The van der Waals surface area contributed by atoms with Crippen molar-refractivity contribution in [2.75, 3.05) is 6.54 Å². The van der Waals surface area contributed by atoms with Gasteiger partial charge in [-0.05, 0) is 32.9 Å². The van der Waals surface area contributed by atoms with Gasteiger partial charge in [0.2, 0.25) is 0 Å². The molecular weight excluding hydrogens is 262 g/mol. The number of ether oxygens (including phenoxy) is 1. The van der Waals surface area contributed by atoms with Crippen LogP contribution in [-0.4, -0.2) is 40.3 Å². The molecule has 2 atom stereocenters. The van der Waals surface area contributed by atoms with E-state index in [2.05, 4.69) is 5.32 Å². The molecular formula is C14H19NO5. The monoisotopic (exact) mass is 281 g/mol. The van der Waals surface area contributed by atoms with Gasteiger partial charge < -0.3 is 20.3 Å². The summed E-state index contributed by atoms with van der Waals surface area (Å²) in [4.78, 5) is 22.4. The number of carboxylic acid groups (broad SMARTS) is 1. The van der Waals surface area contributed by atoms with Crippen LogP contribution in [0.15, 0.2) is 24.3 Å². The zero-order valence-corrected chi connectivity index (χ0v) is 11.7. The van der Waals surface area contributed by atoms with Crippen LogP contribution in [0.2, 0.25) is 0 Å². The van der Waals surface area contributed by atoms with Crippen LogP contribution in [0.25, 0.3) is 0 Å². The van der Waals surface area contributed by atoms with Crippen molar-refractivity contribution >= 4 is 11.9 Å². The molecule has 1 amide bonds. The van der Waals surface area contributed by atoms with Crippen molar-refractivity contribution < 1.29 is 24.5 Å². The highest BCUT2D eigenvalue weighted by molar-refractivity contribution is 5.82. The van der Waals surface area contributed by atoms with E-state index in [4.69, 9.17) is 9.84 Å². The van der Waals surface area contributed by atoms with Gasteiger partial charge in [-0.25, -0.2) is 4.79 Å². The second-order valence-electron chi connectivity index (χ2n) is 4.87. The van der Waals surface area contributed by atoms with Crippen LogP contribution < -0.4 is 10.1 Å². The zero-order chi connectivity index (χ0) is 15.3. The number of aliphatic hydroxyl groups is 1. The highest BCUT2D eigenvalue weighted by Crippen LogP contribution is 2.13. The molecule has 0 fully saturated rings. The van der Waals surface area contributed by atoms with E-state index < -0.39 is 23.6 Å². The normalized spacial score (nSPS) is 15.0. The summed E-state index contributed by atoms with van der Waals surface area (Å²) in [5, 5.41) is 20.5. The van der Waals surface area contributed by atoms with Gasteiger partial charge >= 0.3 is 5.97 Å². The van der Waals surface area contributed by atoms with Gasteiger partial charge in [0.1, 0.15) is 5.75 Å². The van der Waals surface area contributed by atoms with Crippen molar-refractivity contribution in [1.29, 1.82) is 0 Å². The van der Waals surface area contributed by atoms with Crippen molar-refractivity contribution in [2.24, 2.45) is 0 Å². The molecule has 0 heterocycles. The number of hydrogen-bond acceptors (Lipinski definition) is 4. The fourth-order valence-corrected chi connectivity index (χ4v) is 1.35. The topological polar surface area (TPSA) is 95.9 Å². The molecule has 6 heteroatoms. The van der Waals surface area contributed by atoms with Crippen molar-refractivity contribution in [3.8, 4) is 5.75 Å². The lowest BCUT2D eigenvalue weighted by Gasteiger charge is -2.20. The summed E-state index contributed by atoms with van der Waals surface area (Å²) < 4.78 is 5.42. The van der Waals surface area contributed by atoms with Gasteiger partial charge in [0.05, 0.1) is 6.54 Å². The first-order valence-electron chi connectivity index (χ1n) is 6.19. The maximum Gasteiger partial charge on any atom is 0.337 e. The van der Waals surface area contributed by atoms with E-state index in [1.54, 1.807) is 19.1 Å². The Morgan fingerprint density at radius 1 is 1.35 bits per heavy atom. The molecule has 0 aliphatic heterocycles. The lowest BCUT2D eigenvalue weighted by molar-refractivity contribution is -0.156. The van der Waals surface area contributed by atoms with E-state index in [0.717, 1.165) is 12.5 Å². The average Bonchev–Trinajstić information content (AvgIpc) is 2.38. The maximum atomic E-state index is 11.7. The van der Waals surface area contributed by atoms with Gasteiger partial charge in [-0.15, -0.1) is 0 Å². The van der Waals surface area contributed by atoms with E-state index >= 15 is 0 Å². The first kappa shape index (κ1) is 16.0. The summed E-state index contributed by atoms with van der Waals surface area (Å²) in [5.41, 5.74) is -0.925. The summed E-state index contributed by atoms with van der Waals surface area (Å²) in [6.07, 6.45) is -0.790. The molecule has 1 aromatic rings. The van der Waals surface area contributed by atoms with Crippen LogP contribution >= 0.6 is 0 Å². The molecule has 2 unspecified atom stereocenters. The highest BCUT2D eigenvalue weighted by Gasteiger charge is 2.31. The van der Waals surface area contributed by atoms with Crippen molar-refractivity contribution in [3.63, 3.8) is 0 Å². The Morgan fingerprint density at radius 3 is 2.40 bits per heavy atom. The highest BCUT2D eigenvalue weighted by atomic mass is 16.5. The molecule has 1 rings (SSSR count). The maximum absolute atomic E-state index is 11.7. The molecule has 0 saturated heterocycles. The van der Waals surface area contributed by atoms with E-state index in [-0.39, 0.29) is 6.54 Å². The smallest absolute Gasteiger partial charge is 0.337 e. The number of nitrogens with one attached hydrogen (secondary N) is 1. The van der Waals surface area contributed by atoms with Crippen LogP contribution in [0.3, 0.4) is 0 Å². The molecule has 0 bridgehead atoms. The van der Waals surface area contributed by atoms with Crippen molar-refractivity contribution in [1.82, 2.24) is 5.32 Å². The number of carbonyl (C=O) groups is 2. The Morgan fingerprint density at radius 2 is 1.90 bits per heavy atom. The molecule has 20 heavy (non-hydrogen) atoms. The lowest BCUT2D eigenvalue weighted by atomic mass is 10.1. The molecule has 3 N–H and O–H groups in total. The summed E-state index contributed by atoms with van der Waals surface area (Å²) in [7, 11) is 0. The van der Waals surface area contributed by atoms with Crippen LogP contribution in [-0.2, 0) is 9.59 Å². The molecule has 0 aromatic heterocycles. The van der Waals surface area contributed by atoms with E-state index in [1.807, 2.05) is 19.1 Å². The number of benzene rings is 1. The Balaban J connectivity index is 2.51. The number of aryl methyl sites for hydroxylation is 1. The Labute approximate surface area is 117 Å². The first-order valence-corrected chi connectivity index (χ1v) is 6.19. The molecule has 6 nitrogen and oxygen atoms in total. The second kappa shape index (κ2) is 6.38. The largest absolute Gasteiger partial charge is 0.481 e. The molecule has 0 aliphatic carbocycles. The minimum atomic E-state index is -2.00. The van der Waals surface area contributed by atoms with Crippen molar-refractivity contribution in [2.45, 2.75) is 32.5 Å². The Kier molecular flexibility index (Phi) is 5.10. The van der Waals surface area contributed by atoms with E-state index in [1.165, 1.54) is 0 Å². The molecule has 0 spiro atoms. The Bertz CT molecular complexity index is 481. The van der Waals surface area contributed by atoms with Crippen LogP contribution in [0, 0.1) is 6.92 Å². The molecule has 1 aromatic carbocycles. The molecule has 0 saturated carbocycles. The predicted molar refractivity (Wildman–Crippen MR) is 72.5 cm³/mol. The number of carbonyl (C=O) groups excluding carboxylic acids is 1. The third-order valence-corrected chi connectivity index (χ3v) is 2.77. The quantitative estimate of drug-likeness (QED) is 0.714. The lowest BCUT2D eigenvalue weighted by Crippen LogP contribution is -2.49. The Hall–Kier alpha value is -2.08. The second-order valence-corrected chi connectivity index (χ2v) is 4.87. The van der Waals surface area contributed by atoms with Crippen LogP contribution in [0.5, 0.6) is 5.75 Å². The standard InChI is InChI=1S/C14H19NO5/c1-9-4-6-11(7-5-9)20-10(2)12(16)15-8-14(3,19)13(17)18/h4-7,10,19H,8H2,1-3H3,(H,15,16)(H,17,18). The van der Waals surface area contributed by atoms with Gasteiger partial charge in [0, 0.05) is 0 Å². The van der Waals surface area contributed by atoms with E-state index in [9.17, 15) is 14.7 Å². The van der Waals surface area contributed by atoms with Gasteiger partial charge in [0.15, 0.2) is 11.7 Å². The van der Waals surface area contributed by atoms with Gasteiger partial charge in [-0.1, -0.05) is 17.7 Å². The van der Waals surface area contributed by atoms with Gasteiger partial charge in [-0.2, -0.15) is 0 Å². The number of aliphatic carboxylic acids is 1. The molecule has 0 aliphatic rings. The number of carboxylic acids is 1. The fraction of sp³-hybridized carbons (Fsp3) is 0.429. The summed E-state index contributed by atoms with van der Waals surface area (Å²) in [6.45, 7) is 4.21. The minimum Gasteiger partial charge on any atom is -0.481 e. The summed E-state index contributed by atoms with van der Waals surface area (Å²) >= 11 is 0. The zero-order valence-electron chi connectivity index (χ0n) is 11.7. The number of hydrogen-bond donors (Lipinski definition) is 3. The predicted octanol–water partition coefficient (Wildman–Crippen LogP) is 0.714. The van der Waals surface area contributed by atoms with E-state index in [0.29, 0.717) is 5.75 Å². The summed E-state index contributed by atoms with van der Waals surface area (Å²) in [5.74, 6) is -1.35. The minimum absolute atomic E-state index is 0.386. The number of rotatable bonds is 6. The van der Waals surface area contributed by atoms with Gasteiger partial charge in [0.25, 0.3) is 5.91 Å².